The molecule has 0 atom stereocenters. The Balaban J connectivity index is 1.51. The minimum atomic E-state index is -0.0550. The van der Waals surface area contributed by atoms with Gasteiger partial charge in [-0.3, -0.25) is 4.90 Å². The molecule has 1 aliphatic heterocycles. The molecule has 0 aromatic heterocycles. The molecular weight excluding hydrogens is 288 g/mol. The molecule has 0 bridgehead atoms. The lowest BCUT2D eigenvalue weighted by Crippen LogP contribution is -2.47. The summed E-state index contributed by atoms with van der Waals surface area (Å²) in [5.74, 6) is -0.0903. The molecule has 1 aliphatic rings. The maximum absolute atomic E-state index is 9.55. The van der Waals surface area contributed by atoms with E-state index in [9.17, 15) is 10.2 Å². The molecule has 2 aromatic carbocycles. The summed E-state index contributed by atoms with van der Waals surface area (Å²) in [5.41, 5.74) is 3.73. The minimum absolute atomic E-state index is 0.0353. The van der Waals surface area contributed by atoms with Crippen molar-refractivity contribution in [2.24, 2.45) is 0 Å². The first-order valence-corrected chi connectivity index (χ1v) is 8.17. The number of para-hydroxylation sites is 1. The summed E-state index contributed by atoms with van der Waals surface area (Å²) in [7, 11) is 0. The van der Waals surface area contributed by atoms with Crippen LogP contribution in [0.5, 0.6) is 11.5 Å². The summed E-state index contributed by atoms with van der Waals surface area (Å²) in [5, 5.41) is 18.9. The molecule has 4 heteroatoms. The van der Waals surface area contributed by atoms with Gasteiger partial charge in [-0.25, -0.2) is 0 Å². The first kappa shape index (κ1) is 15.7. The number of aromatic hydroxyl groups is 2. The summed E-state index contributed by atoms with van der Waals surface area (Å²) >= 11 is 0. The molecule has 0 amide bonds. The Bertz CT molecular complexity index is 664. The van der Waals surface area contributed by atoms with Crippen LogP contribution in [0.2, 0.25) is 0 Å². The Hall–Kier alpha value is -2.20. The third-order valence-corrected chi connectivity index (χ3v) is 4.58. The van der Waals surface area contributed by atoms with Crippen LogP contribution in [0.1, 0.15) is 11.1 Å². The van der Waals surface area contributed by atoms with Gasteiger partial charge in [0.05, 0.1) is 0 Å². The Morgan fingerprint density at radius 1 is 0.913 bits per heavy atom. The average molecular weight is 312 g/mol. The van der Waals surface area contributed by atoms with Crippen molar-refractivity contribution in [3.05, 3.63) is 53.6 Å². The van der Waals surface area contributed by atoms with Crippen LogP contribution in [0.3, 0.4) is 0 Å². The Morgan fingerprint density at radius 3 is 2.35 bits per heavy atom. The first-order chi connectivity index (χ1) is 11.1. The number of hydrogen-bond acceptors (Lipinski definition) is 4. The molecule has 1 fully saturated rings. The molecule has 0 saturated carbocycles. The predicted octanol–water partition coefficient (Wildman–Crippen LogP) is 2.77. The zero-order chi connectivity index (χ0) is 16.2. The van der Waals surface area contributed by atoms with Crippen molar-refractivity contribution in [1.29, 1.82) is 0 Å². The van der Waals surface area contributed by atoms with Crippen molar-refractivity contribution < 1.29 is 10.2 Å². The zero-order valence-electron chi connectivity index (χ0n) is 13.6. The molecule has 1 heterocycles. The van der Waals surface area contributed by atoms with Crippen LogP contribution in [0, 0.1) is 6.92 Å². The molecule has 4 nitrogen and oxygen atoms in total. The highest BCUT2D eigenvalue weighted by atomic mass is 16.3. The van der Waals surface area contributed by atoms with Gasteiger partial charge in [0.1, 0.15) is 0 Å². The number of anilines is 1. The molecule has 122 valence electrons. The maximum Gasteiger partial charge on any atom is 0.157 e. The topological polar surface area (TPSA) is 46.9 Å². The number of hydrogen-bond donors (Lipinski definition) is 2. The number of phenols is 2. The van der Waals surface area contributed by atoms with Gasteiger partial charge in [-0.1, -0.05) is 24.3 Å². The molecule has 23 heavy (non-hydrogen) atoms. The van der Waals surface area contributed by atoms with Crippen molar-refractivity contribution in [3.8, 4) is 11.5 Å². The second kappa shape index (κ2) is 6.92. The van der Waals surface area contributed by atoms with E-state index in [4.69, 9.17) is 0 Å². The molecule has 2 N–H and O–H groups in total. The fraction of sp³-hybridized carbons (Fsp3) is 0.368. The molecule has 0 radical (unpaired) electrons. The standard InChI is InChI=1S/C19H24N2O2/c1-15-4-2-3-5-17(15)21-12-10-20(11-13-21)9-8-16-6-7-18(22)19(23)14-16/h2-7,14,22-23H,8-13H2,1H3. The molecule has 0 aliphatic carbocycles. The molecule has 2 aromatic rings. The van der Waals surface area contributed by atoms with E-state index < -0.39 is 0 Å². The maximum atomic E-state index is 9.55. The normalized spacial score (nSPS) is 15.8. The van der Waals surface area contributed by atoms with E-state index in [0.717, 1.165) is 44.7 Å². The van der Waals surface area contributed by atoms with E-state index in [1.165, 1.54) is 11.3 Å². The SMILES string of the molecule is Cc1ccccc1N1CCN(CCc2ccc(O)c(O)c2)CC1. The highest BCUT2D eigenvalue weighted by molar-refractivity contribution is 5.53. The van der Waals surface area contributed by atoms with Crippen LogP contribution in [0.25, 0.3) is 0 Å². The van der Waals surface area contributed by atoms with Gasteiger partial charge in [0, 0.05) is 38.4 Å². The number of rotatable bonds is 4. The van der Waals surface area contributed by atoms with Gasteiger partial charge < -0.3 is 15.1 Å². The van der Waals surface area contributed by atoms with Crippen LogP contribution in [-0.4, -0.2) is 47.8 Å². The van der Waals surface area contributed by atoms with Crippen molar-refractivity contribution in [2.45, 2.75) is 13.3 Å². The minimum Gasteiger partial charge on any atom is -0.504 e. The summed E-state index contributed by atoms with van der Waals surface area (Å²) < 4.78 is 0. The smallest absolute Gasteiger partial charge is 0.157 e. The van der Waals surface area contributed by atoms with E-state index in [-0.39, 0.29) is 11.5 Å². The third-order valence-electron chi connectivity index (χ3n) is 4.58. The number of piperazine rings is 1. The Morgan fingerprint density at radius 2 is 1.65 bits per heavy atom. The lowest BCUT2D eigenvalue weighted by Gasteiger charge is -2.36. The Kier molecular flexibility index (Phi) is 4.72. The van der Waals surface area contributed by atoms with Crippen LogP contribution < -0.4 is 4.90 Å². The fourth-order valence-corrected chi connectivity index (χ4v) is 3.14. The number of nitrogens with zero attached hydrogens (tertiary/aromatic N) is 2. The number of aryl methyl sites for hydroxylation is 1. The summed E-state index contributed by atoms with van der Waals surface area (Å²) in [4.78, 5) is 4.91. The quantitative estimate of drug-likeness (QED) is 0.852. The molecule has 0 unspecified atom stereocenters. The average Bonchev–Trinajstić information content (AvgIpc) is 2.57. The number of phenolic OH excluding ortho intramolecular Hbond substituents is 2. The second-order valence-electron chi connectivity index (χ2n) is 6.19. The van der Waals surface area contributed by atoms with E-state index in [2.05, 4.69) is 41.0 Å². The van der Waals surface area contributed by atoms with E-state index in [0.29, 0.717) is 0 Å². The summed E-state index contributed by atoms with van der Waals surface area (Å²) in [6.07, 6.45) is 0.887. The van der Waals surface area contributed by atoms with Crippen LogP contribution in [0.15, 0.2) is 42.5 Å². The van der Waals surface area contributed by atoms with E-state index in [1.807, 2.05) is 6.07 Å². The molecule has 0 spiro atoms. The molecule has 1 saturated heterocycles. The zero-order valence-corrected chi connectivity index (χ0v) is 13.6. The lowest BCUT2D eigenvalue weighted by molar-refractivity contribution is 0.261. The van der Waals surface area contributed by atoms with Crippen LogP contribution in [0.4, 0.5) is 5.69 Å². The second-order valence-corrected chi connectivity index (χ2v) is 6.19. The van der Waals surface area contributed by atoms with Crippen molar-refractivity contribution >= 4 is 5.69 Å². The van der Waals surface area contributed by atoms with Crippen LogP contribution in [-0.2, 0) is 6.42 Å². The number of benzene rings is 2. The van der Waals surface area contributed by atoms with Crippen molar-refractivity contribution in [1.82, 2.24) is 4.90 Å². The van der Waals surface area contributed by atoms with Crippen LogP contribution >= 0.6 is 0 Å². The van der Waals surface area contributed by atoms with Gasteiger partial charge in [-0.05, 0) is 42.7 Å². The summed E-state index contributed by atoms with van der Waals surface area (Å²) in [6.45, 7) is 7.35. The van der Waals surface area contributed by atoms with E-state index >= 15 is 0 Å². The van der Waals surface area contributed by atoms with Gasteiger partial charge in [0.2, 0.25) is 0 Å². The Labute approximate surface area is 137 Å². The van der Waals surface area contributed by atoms with Gasteiger partial charge >= 0.3 is 0 Å². The van der Waals surface area contributed by atoms with Gasteiger partial charge in [-0.2, -0.15) is 0 Å². The third kappa shape index (κ3) is 3.77. The highest BCUT2D eigenvalue weighted by Gasteiger charge is 2.18. The molecule has 3 rings (SSSR count). The first-order valence-electron chi connectivity index (χ1n) is 8.17. The van der Waals surface area contributed by atoms with Gasteiger partial charge in [0.15, 0.2) is 11.5 Å². The van der Waals surface area contributed by atoms with Gasteiger partial charge in [0.25, 0.3) is 0 Å². The monoisotopic (exact) mass is 312 g/mol. The molecular formula is C19H24N2O2. The predicted molar refractivity (Wildman–Crippen MR) is 93.3 cm³/mol. The van der Waals surface area contributed by atoms with E-state index in [1.54, 1.807) is 12.1 Å². The lowest BCUT2D eigenvalue weighted by atomic mass is 10.1. The summed E-state index contributed by atoms with van der Waals surface area (Å²) in [6, 6.07) is 13.6. The highest BCUT2D eigenvalue weighted by Crippen LogP contribution is 2.25. The fourth-order valence-electron chi connectivity index (χ4n) is 3.14. The van der Waals surface area contributed by atoms with Gasteiger partial charge in [-0.15, -0.1) is 0 Å². The largest absolute Gasteiger partial charge is 0.504 e. The van der Waals surface area contributed by atoms with Crippen molar-refractivity contribution in [3.63, 3.8) is 0 Å². The van der Waals surface area contributed by atoms with Crippen molar-refractivity contribution in [2.75, 3.05) is 37.6 Å².